The Morgan fingerprint density at radius 1 is 1.09 bits per heavy atom. The van der Waals surface area contributed by atoms with E-state index in [1.165, 1.54) is 6.08 Å². The summed E-state index contributed by atoms with van der Waals surface area (Å²) in [5, 5.41) is 1.21. The fourth-order valence-electron chi connectivity index (χ4n) is 1.96. The zero-order valence-corrected chi connectivity index (χ0v) is 15.7. The first kappa shape index (κ1) is 16.8. The zero-order chi connectivity index (χ0) is 16.6. The number of hydrogen-bond acceptors (Lipinski definition) is 3. The van der Waals surface area contributed by atoms with Gasteiger partial charge in [0.15, 0.2) is 5.70 Å². The average molecular weight is 479 g/mol. The van der Waals surface area contributed by atoms with Crippen molar-refractivity contribution < 1.29 is 9.53 Å². The molecule has 1 aliphatic rings. The number of carbonyl (C=O) groups is 1. The Labute approximate surface area is 161 Å². The number of rotatable bonds is 2. The smallest absolute Gasteiger partial charge is 0.363 e. The highest BCUT2D eigenvalue weighted by atomic mass is 127. The molecule has 3 rings (SSSR count). The topological polar surface area (TPSA) is 38.7 Å². The molecule has 2 aromatic carbocycles. The van der Waals surface area contributed by atoms with E-state index in [-0.39, 0.29) is 11.6 Å². The number of benzene rings is 2. The number of carbonyl (C=O) groups excluding carboxylic acids is 1. The van der Waals surface area contributed by atoms with E-state index in [1.54, 1.807) is 30.3 Å². The van der Waals surface area contributed by atoms with Crippen molar-refractivity contribution in [3.63, 3.8) is 0 Å². The second-order valence-corrected chi connectivity index (χ2v) is 7.04. The first-order valence-corrected chi connectivity index (χ1v) is 8.59. The largest absolute Gasteiger partial charge is 0.402 e. The van der Waals surface area contributed by atoms with E-state index in [9.17, 15) is 4.79 Å². The normalized spacial score (nSPS) is 15.7. The van der Waals surface area contributed by atoms with Crippen LogP contribution in [-0.4, -0.2) is 11.9 Å². The van der Waals surface area contributed by atoms with Crippen molar-refractivity contribution in [1.29, 1.82) is 0 Å². The highest BCUT2D eigenvalue weighted by Gasteiger charge is 2.26. The zero-order valence-electron chi connectivity index (χ0n) is 11.3. The molecule has 0 radical (unpaired) electrons. The van der Waals surface area contributed by atoms with Crippen molar-refractivity contribution in [3.05, 3.63) is 71.9 Å². The van der Waals surface area contributed by atoms with Crippen molar-refractivity contribution in [1.82, 2.24) is 0 Å². The standard InChI is InChI=1S/C16H7Cl3INO2/c17-11-5-4-9(20)7-10(11)15-21-13(16(22)23-15)6-8-2-1-3-12(18)14(8)19/h1-7H/b13-6-. The van der Waals surface area contributed by atoms with Gasteiger partial charge >= 0.3 is 5.97 Å². The van der Waals surface area contributed by atoms with Crippen molar-refractivity contribution in [3.8, 4) is 0 Å². The van der Waals surface area contributed by atoms with E-state index in [1.807, 2.05) is 6.07 Å². The molecule has 0 aromatic heterocycles. The van der Waals surface area contributed by atoms with Gasteiger partial charge < -0.3 is 4.74 Å². The van der Waals surface area contributed by atoms with Gasteiger partial charge in [-0.1, -0.05) is 46.9 Å². The second-order valence-electron chi connectivity index (χ2n) is 4.60. The molecule has 0 saturated carbocycles. The van der Waals surface area contributed by atoms with Crippen molar-refractivity contribution >= 4 is 75.3 Å². The van der Waals surface area contributed by atoms with Gasteiger partial charge in [-0.3, -0.25) is 0 Å². The molecule has 1 heterocycles. The molecule has 0 spiro atoms. The summed E-state index contributed by atoms with van der Waals surface area (Å²) in [5.41, 5.74) is 1.29. The van der Waals surface area contributed by atoms with Crippen LogP contribution in [0.1, 0.15) is 11.1 Å². The Hall–Kier alpha value is -1.08. The summed E-state index contributed by atoms with van der Waals surface area (Å²) in [6, 6.07) is 10.5. The minimum atomic E-state index is -0.564. The summed E-state index contributed by atoms with van der Waals surface area (Å²) in [5.74, 6) is -0.395. The number of nitrogens with zero attached hydrogens (tertiary/aromatic N) is 1. The second kappa shape index (κ2) is 6.81. The molecule has 3 nitrogen and oxygen atoms in total. The van der Waals surface area contributed by atoms with Gasteiger partial charge in [-0.2, -0.15) is 0 Å². The molecular formula is C16H7Cl3INO2. The molecule has 0 saturated heterocycles. The van der Waals surface area contributed by atoms with Crippen LogP contribution in [0.2, 0.25) is 15.1 Å². The molecule has 0 aliphatic carbocycles. The van der Waals surface area contributed by atoms with Crippen molar-refractivity contribution in [2.45, 2.75) is 0 Å². The number of aliphatic imine (C=N–C) groups is 1. The molecule has 116 valence electrons. The summed E-state index contributed by atoms with van der Waals surface area (Å²) in [7, 11) is 0. The molecule has 0 N–H and O–H groups in total. The van der Waals surface area contributed by atoms with Crippen LogP contribution in [0.15, 0.2) is 47.1 Å². The maximum Gasteiger partial charge on any atom is 0.363 e. The molecule has 2 aromatic rings. The number of hydrogen-bond donors (Lipinski definition) is 0. The Balaban J connectivity index is 2.03. The predicted octanol–water partition coefficient (Wildman–Crippen LogP) is 5.60. The van der Waals surface area contributed by atoms with Crippen LogP contribution < -0.4 is 0 Å². The number of cyclic esters (lactones) is 1. The van der Waals surface area contributed by atoms with E-state index in [2.05, 4.69) is 27.6 Å². The number of halogens is 4. The maximum absolute atomic E-state index is 12.0. The molecule has 7 heteroatoms. The minimum Gasteiger partial charge on any atom is -0.402 e. The maximum atomic E-state index is 12.0. The summed E-state index contributed by atoms with van der Waals surface area (Å²) in [4.78, 5) is 16.3. The van der Waals surface area contributed by atoms with Gasteiger partial charge in [0.05, 0.1) is 20.6 Å². The van der Waals surface area contributed by atoms with Gasteiger partial charge in [0.1, 0.15) is 0 Å². The van der Waals surface area contributed by atoms with Gasteiger partial charge in [-0.15, -0.1) is 0 Å². The summed E-state index contributed by atoms with van der Waals surface area (Å²) >= 11 is 20.4. The number of ether oxygens (including phenoxy) is 1. The van der Waals surface area contributed by atoms with Crippen LogP contribution in [0.25, 0.3) is 6.08 Å². The fraction of sp³-hybridized carbons (Fsp3) is 0. The lowest BCUT2D eigenvalue weighted by atomic mass is 10.2. The summed E-state index contributed by atoms with van der Waals surface area (Å²) in [6.45, 7) is 0. The van der Waals surface area contributed by atoms with Crippen LogP contribution in [-0.2, 0) is 9.53 Å². The first-order valence-electron chi connectivity index (χ1n) is 6.37. The Kier molecular flexibility index (Phi) is 4.96. The van der Waals surface area contributed by atoms with Crippen LogP contribution >= 0.6 is 57.4 Å². The third kappa shape index (κ3) is 3.55. The van der Waals surface area contributed by atoms with Gasteiger partial charge in [-0.25, -0.2) is 9.79 Å². The van der Waals surface area contributed by atoms with Crippen LogP contribution in [0.4, 0.5) is 0 Å². The molecule has 23 heavy (non-hydrogen) atoms. The SMILES string of the molecule is O=C1OC(c2cc(I)ccc2Cl)=N/C1=C\c1cccc(Cl)c1Cl. The molecule has 0 fully saturated rings. The van der Waals surface area contributed by atoms with E-state index < -0.39 is 5.97 Å². The predicted molar refractivity (Wildman–Crippen MR) is 101 cm³/mol. The lowest BCUT2D eigenvalue weighted by molar-refractivity contribution is -0.129. The average Bonchev–Trinajstić information content (AvgIpc) is 2.87. The fourth-order valence-corrected chi connectivity index (χ4v) is 3.02. The lowest BCUT2D eigenvalue weighted by Gasteiger charge is -2.02. The highest BCUT2D eigenvalue weighted by molar-refractivity contribution is 14.1. The summed E-state index contributed by atoms with van der Waals surface area (Å²) in [6.07, 6.45) is 1.53. The van der Waals surface area contributed by atoms with Crippen LogP contribution in [0.5, 0.6) is 0 Å². The highest BCUT2D eigenvalue weighted by Crippen LogP contribution is 2.29. The lowest BCUT2D eigenvalue weighted by Crippen LogP contribution is -2.06. The van der Waals surface area contributed by atoms with E-state index in [4.69, 9.17) is 39.5 Å². The van der Waals surface area contributed by atoms with Crippen LogP contribution in [0, 0.1) is 3.57 Å². The molecule has 1 aliphatic heterocycles. The molecule has 0 atom stereocenters. The van der Waals surface area contributed by atoms with E-state index in [0.29, 0.717) is 26.2 Å². The number of esters is 1. The Bertz CT molecular complexity index is 878. The van der Waals surface area contributed by atoms with Crippen molar-refractivity contribution in [2.24, 2.45) is 4.99 Å². The van der Waals surface area contributed by atoms with Crippen molar-refractivity contribution in [2.75, 3.05) is 0 Å². The monoisotopic (exact) mass is 477 g/mol. The van der Waals surface area contributed by atoms with Gasteiger partial charge in [0.2, 0.25) is 5.90 Å². The quantitative estimate of drug-likeness (QED) is 0.320. The minimum absolute atomic E-state index is 0.138. The van der Waals surface area contributed by atoms with E-state index in [0.717, 1.165) is 3.57 Å². The Morgan fingerprint density at radius 3 is 2.65 bits per heavy atom. The Morgan fingerprint density at radius 2 is 1.87 bits per heavy atom. The van der Waals surface area contributed by atoms with E-state index >= 15 is 0 Å². The van der Waals surface area contributed by atoms with Gasteiger partial charge in [0.25, 0.3) is 0 Å². The molecule has 0 unspecified atom stereocenters. The molecule has 0 bridgehead atoms. The molecular weight excluding hydrogens is 471 g/mol. The third-order valence-corrected chi connectivity index (χ3v) is 4.89. The van der Waals surface area contributed by atoms with Gasteiger partial charge in [0, 0.05) is 3.57 Å². The van der Waals surface area contributed by atoms with Gasteiger partial charge in [-0.05, 0) is 58.5 Å². The first-order chi connectivity index (χ1) is 11.0. The summed E-state index contributed by atoms with van der Waals surface area (Å²) < 4.78 is 6.17. The van der Waals surface area contributed by atoms with Crippen LogP contribution in [0.3, 0.4) is 0 Å². The molecule has 0 amide bonds. The third-order valence-electron chi connectivity index (χ3n) is 3.05.